The van der Waals surface area contributed by atoms with E-state index in [0.29, 0.717) is 11.6 Å². The molecule has 0 aliphatic carbocycles. The molecule has 0 amide bonds. The van der Waals surface area contributed by atoms with E-state index in [1.165, 1.54) is 12.5 Å². The van der Waals surface area contributed by atoms with Crippen LogP contribution in [0.5, 0.6) is 11.5 Å². The van der Waals surface area contributed by atoms with Crippen molar-refractivity contribution in [2.75, 3.05) is 5.73 Å². The van der Waals surface area contributed by atoms with Gasteiger partial charge < -0.3 is 15.2 Å². The molecule has 90 valence electrons. The van der Waals surface area contributed by atoms with Gasteiger partial charge in [0.2, 0.25) is 0 Å². The topological polar surface area (TPSA) is 57.4 Å². The van der Waals surface area contributed by atoms with Crippen molar-refractivity contribution in [1.29, 1.82) is 0 Å². The van der Waals surface area contributed by atoms with Crippen molar-refractivity contribution in [1.82, 2.24) is 4.98 Å². The van der Waals surface area contributed by atoms with Gasteiger partial charge in [-0.15, -0.1) is 0 Å². The Labute approximate surface area is 105 Å². The molecular formula is C14H12N2O2. The van der Waals surface area contributed by atoms with Gasteiger partial charge in [0, 0.05) is 11.8 Å². The minimum Gasteiger partial charge on any atom is -0.458 e. The SMILES string of the molecule is Cc1cc2c(cc1-c1ccc(N)nc1)OC=CO2. The number of hydrogen-bond acceptors (Lipinski definition) is 4. The number of anilines is 1. The molecule has 3 rings (SSSR count). The van der Waals surface area contributed by atoms with E-state index < -0.39 is 0 Å². The van der Waals surface area contributed by atoms with Gasteiger partial charge in [-0.05, 0) is 42.3 Å². The number of fused-ring (bicyclic) bond motifs is 1. The molecule has 2 heterocycles. The van der Waals surface area contributed by atoms with Gasteiger partial charge in [-0.2, -0.15) is 0 Å². The van der Waals surface area contributed by atoms with E-state index in [2.05, 4.69) is 4.98 Å². The molecule has 2 aromatic rings. The summed E-state index contributed by atoms with van der Waals surface area (Å²) in [6.45, 7) is 2.02. The van der Waals surface area contributed by atoms with E-state index in [1.807, 2.05) is 25.1 Å². The molecule has 18 heavy (non-hydrogen) atoms. The summed E-state index contributed by atoms with van der Waals surface area (Å²) in [5.41, 5.74) is 8.74. The number of hydrogen-bond donors (Lipinski definition) is 1. The normalized spacial score (nSPS) is 12.5. The summed E-state index contributed by atoms with van der Waals surface area (Å²) in [6.07, 6.45) is 4.79. The average Bonchev–Trinajstić information content (AvgIpc) is 2.39. The summed E-state index contributed by atoms with van der Waals surface area (Å²) in [6, 6.07) is 7.62. The summed E-state index contributed by atoms with van der Waals surface area (Å²) in [5, 5.41) is 0. The fourth-order valence-corrected chi connectivity index (χ4v) is 1.92. The number of rotatable bonds is 1. The first kappa shape index (κ1) is 10.7. The highest BCUT2D eigenvalue weighted by Gasteiger charge is 2.13. The summed E-state index contributed by atoms with van der Waals surface area (Å²) >= 11 is 0. The number of benzene rings is 1. The second kappa shape index (κ2) is 4.07. The third-order valence-electron chi connectivity index (χ3n) is 2.83. The van der Waals surface area contributed by atoms with Gasteiger partial charge in [-0.3, -0.25) is 0 Å². The highest BCUT2D eigenvalue weighted by molar-refractivity contribution is 5.71. The van der Waals surface area contributed by atoms with Gasteiger partial charge in [0.25, 0.3) is 0 Å². The molecule has 1 aliphatic heterocycles. The number of nitrogens with two attached hydrogens (primary N) is 1. The van der Waals surface area contributed by atoms with Crippen LogP contribution in [-0.4, -0.2) is 4.98 Å². The highest BCUT2D eigenvalue weighted by Crippen LogP contribution is 2.37. The zero-order chi connectivity index (χ0) is 12.5. The Bertz CT molecular complexity index is 618. The Morgan fingerprint density at radius 3 is 2.44 bits per heavy atom. The molecule has 0 unspecified atom stereocenters. The van der Waals surface area contributed by atoms with Gasteiger partial charge >= 0.3 is 0 Å². The van der Waals surface area contributed by atoms with Crippen LogP contribution in [0.2, 0.25) is 0 Å². The number of nitrogens with zero attached hydrogens (tertiary/aromatic N) is 1. The Hall–Kier alpha value is -2.49. The predicted octanol–water partition coefficient (Wildman–Crippen LogP) is 2.88. The molecule has 0 atom stereocenters. The molecule has 2 N–H and O–H groups in total. The molecule has 0 saturated heterocycles. The quantitative estimate of drug-likeness (QED) is 0.832. The minimum absolute atomic E-state index is 0.511. The second-order valence-electron chi connectivity index (χ2n) is 4.09. The number of aryl methyl sites for hydroxylation is 1. The summed E-state index contributed by atoms with van der Waals surface area (Å²) < 4.78 is 10.8. The Balaban J connectivity index is 2.10. The fourth-order valence-electron chi connectivity index (χ4n) is 1.92. The standard InChI is InChI=1S/C14H12N2O2/c1-9-6-12-13(18-5-4-17-12)7-11(9)10-2-3-14(15)16-8-10/h2-8H,1H3,(H2,15,16). The lowest BCUT2D eigenvalue weighted by molar-refractivity contribution is 0.361. The molecule has 0 spiro atoms. The van der Waals surface area contributed by atoms with Crippen LogP contribution < -0.4 is 15.2 Å². The Morgan fingerprint density at radius 1 is 1.06 bits per heavy atom. The molecule has 0 saturated carbocycles. The number of nitrogen functional groups attached to an aromatic ring is 1. The molecule has 0 bridgehead atoms. The zero-order valence-electron chi connectivity index (χ0n) is 9.88. The van der Waals surface area contributed by atoms with E-state index in [0.717, 1.165) is 22.4 Å². The van der Waals surface area contributed by atoms with Crippen molar-refractivity contribution >= 4 is 5.82 Å². The van der Waals surface area contributed by atoms with E-state index in [4.69, 9.17) is 15.2 Å². The molecule has 1 aliphatic rings. The van der Waals surface area contributed by atoms with Crippen LogP contribution in [0.25, 0.3) is 11.1 Å². The van der Waals surface area contributed by atoms with E-state index in [-0.39, 0.29) is 0 Å². The number of aromatic nitrogens is 1. The molecule has 1 aromatic heterocycles. The van der Waals surface area contributed by atoms with Gasteiger partial charge in [-0.1, -0.05) is 0 Å². The van der Waals surface area contributed by atoms with Crippen LogP contribution in [-0.2, 0) is 0 Å². The Morgan fingerprint density at radius 2 is 1.78 bits per heavy atom. The van der Waals surface area contributed by atoms with Crippen molar-refractivity contribution in [3.8, 4) is 22.6 Å². The third-order valence-corrected chi connectivity index (χ3v) is 2.83. The average molecular weight is 240 g/mol. The molecule has 4 nitrogen and oxygen atoms in total. The lowest BCUT2D eigenvalue weighted by atomic mass is 10.0. The largest absolute Gasteiger partial charge is 0.458 e. The van der Waals surface area contributed by atoms with Crippen LogP contribution in [0.15, 0.2) is 43.0 Å². The molecule has 1 aromatic carbocycles. The maximum absolute atomic E-state index is 5.59. The summed E-state index contributed by atoms with van der Waals surface area (Å²) in [4.78, 5) is 4.10. The van der Waals surface area contributed by atoms with Gasteiger partial charge in [-0.25, -0.2) is 4.98 Å². The fraction of sp³-hybridized carbons (Fsp3) is 0.0714. The van der Waals surface area contributed by atoms with E-state index >= 15 is 0 Å². The predicted molar refractivity (Wildman–Crippen MR) is 69.2 cm³/mol. The first-order valence-electron chi connectivity index (χ1n) is 5.59. The van der Waals surface area contributed by atoms with Gasteiger partial charge in [0.1, 0.15) is 18.3 Å². The van der Waals surface area contributed by atoms with Crippen LogP contribution >= 0.6 is 0 Å². The molecule has 4 heteroatoms. The van der Waals surface area contributed by atoms with Crippen molar-refractivity contribution in [3.05, 3.63) is 48.5 Å². The third kappa shape index (κ3) is 1.78. The number of ether oxygens (including phenoxy) is 2. The van der Waals surface area contributed by atoms with Crippen molar-refractivity contribution in [2.24, 2.45) is 0 Å². The van der Waals surface area contributed by atoms with Crippen LogP contribution in [0.4, 0.5) is 5.82 Å². The van der Waals surface area contributed by atoms with Gasteiger partial charge in [0.05, 0.1) is 0 Å². The summed E-state index contributed by atoms with van der Waals surface area (Å²) in [5.74, 6) is 1.94. The van der Waals surface area contributed by atoms with Crippen LogP contribution in [0, 0.1) is 6.92 Å². The first-order chi connectivity index (χ1) is 8.74. The smallest absolute Gasteiger partial charge is 0.169 e. The lowest BCUT2D eigenvalue weighted by Gasteiger charge is -2.15. The molecule has 0 radical (unpaired) electrons. The second-order valence-corrected chi connectivity index (χ2v) is 4.09. The first-order valence-corrected chi connectivity index (χ1v) is 5.59. The number of pyridine rings is 1. The maximum Gasteiger partial charge on any atom is 0.169 e. The monoisotopic (exact) mass is 240 g/mol. The van der Waals surface area contributed by atoms with Crippen LogP contribution in [0.3, 0.4) is 0 Å². The maximum atomic E-state index is 5.59. The highest BCUT2D eigenvalue weighted by atomic mass is 16.5. The van der Waals surface area contributed by atoms with Crippen molar-refractivity contribution in [3.63, 3.8) is 0 Å². The molecular weight excluding hydrogens is 228 g/mol. The van der Waals surface area contributed by atoms with Crippen molar-refractivity contribution < 1.29 is 9.47 Å². The van der Waals surface area contributed by atoms with Crippen molar-refractivity contribution in [2.45, 2.75) is 6.92 Å². The molecule has 0 fully saturated rings. The van der Waals surface area contributed by atoms with E-state index in [1.54, 1.807) is 12.3 Å². The van der Waals surface area contributed by atoms with E-state index in [9.17, 15) is 0 Å². The van der Waals surface area contributed by atoms with Gasteiger partial charge in [0.15, 0.2) is 11.5 Å². The Kier molecular flexibility index (Phi) is 2.41. The van der Waals surface area contributed by atoms with Crippen LogP contribution in [0.1, 0.15) is 5.56 Å². The zero-order valence-corrected chi connectivity index (χ0v) is 9.88. The minimum atomic E-state index is 0.511. The summed E-state index contributed by atoms with van der Waals surface area (Å²) in [7, 11) is 0. The lowest BCUT2D eigenvalue weighted by Crippen LogP contribution is -1.98.